The molecule has 1 fully saturated rings. The van der Waals surface area contributed by atoms with Gasteiger partial charge in [0.05, 0.1) is 52.5 Å². The van der Waals surface area contributed by atoms with Crippen LogP contribution in [0.3, 0.4) is 0 Å². The first kappa shape index (κ1) is 25.6. The van der Waals surface area contributed by atoms with Gasteiger partial charge in [-0.1, -0.05) is 18.2 Å². The molecule has 1 saturated heterocycles. The molecule has 38 heavy (non-hydrogen) atoms. The monoisotopic (exact) mass is 519 g/mol. The number of nitrogens with zero attached hydrogens (tertiary/aromatic N) is 4. The van der Waals surface area contributed by atoms with Gasteiger partial charge in [0.1, 0.15) is 28.9 Å². The second-order valence-corrected chi connectivity index (χ2v) is 9.14. The van der Waals surface area contributed by atoms with Gasteiger partial charge in [-0.2, -0.15) is 0 Å². The summed E-state index contributed by atoms with van der Waals surface area (Å²) >= 11 is 0. The van der Waals surface area contributed by atoms with Gasteiger partial charge in [-0.15, -0.1) is 0 Å². The summed E-state index contributed by atoms with van der Waals surface area (Å²) in [5, 5.41) is 2.99. The summed E-state index contributed by atoms with van der Waals surface area (Å²) in [5.41, 5.74) is 3.59. The largest absolute Gasteiger partial charge is 0.497 e. The first-order chi connectivity index (χ1) is 18.6. The number of aromatic nitrogens is 2. The van der Waals surface area contributed by atoms with E-state index >= 15 is 0 Å². The number of carbonyl (C=O) groups excluding carboxylic acids is 1. The first-order valence-electron chi connectivity index (χ1n) is 12.7. The van der Waals surface area contributed by atoms with Gasteiger partial charge < -0.3 is 34.1 Å². The molecule has 200 valence electrons. The fourth-order valence-electron chi connectivity index (χ4n) is 4.85. The Morgan fingerprint density at radius 2 is 1.76 bits per heavy atom. The Bertz CT molecular complexity index is 1290. The maximum absolute atomic E-state index is 13.3. The minimum absolute atomic E-state index is 0.204. The number of hydrogen-bond acceptors (Lipinski definition) is 8. The van der Waals surface area contributed by atoms with E-state index in [0.29, 0.717) is 56.3 Å². The third-order valence-corrected chi connectivity index (χ3v) is 6.87. The van der Waals surface area contributed by atoms with Gasteiger partial charge in [-0.05, 0) is 18.2 Å². The molecular formula is C28H33N5O5. The van der Waals surface area contributed by atoms with Crippen LogP contribution in [0.2, 0.25) is 0 Å². The van der Waals surface area contributed by atoms with Gasteiger partial charge in [0.15, 0.2) is 0 Å². The number of anilines is 2. The van der Waals surface area contributed by atoms with Crippen LogP contribution in [0.4, 0.5) is 16.3 Å². The number of morpholine rings is 1. The van der Waals surface area contributed by atoms with E-state index in [9.17, 15) is 4.79 Å². The number of para-hydroxylation sites is 1. The highest BCUT2D eigenvalue weighted by Crippen LogP contribution is 2.32. The van der Waals surface area contributed by atoms with Crippen LogP contribution in [0.25, 0.3) is 0 Å². The van der Waals surface area contributed by atoms with E-state index in [0.717, 1.165) is 47.3 Å². The second kappa shape index (κ2) is 11.6. The molecule has 10 heteroatoms. The van der Waals surface area contributed by atoms with Crippen LogP contribution in [0.1, 0.15) is 22.6 Å². The van der Waals surface area contributed by atoms with Crippen molar-refractivity contribution in [2.24, 2.45) is 0 Å². The predicted octanol–water partition coefficient (Wildman–Crippen LogP) is 3.52. The predicted molar refractivity (Wildman–Crippen MR) is 144 cm³/mol. The molecule has 0 radical (unpaired) electrons. The molecule has 1 aromatic heterocycles. The van der Waals surface area contributed by atoms with Crippen molar-refractivity contribution >= 4 is 17.5 Å². The normalized spacial score (nSPS) is 15.0. The van der Waals surface area contributed by atoms with E-state index < -0.39 is 0 Å². The molecule has 2 aromatic carbocycles. The van der Waals surface area contributed by atoms with E-state index in [-0.39, 0.29) is 6.03 Å². The molecule has 0 spiro atoms. The van der Waals surface area contributed by atoms with E-state index in [1.165, 1.54) is 0 Å². The summed E-state index contributed by atoms with van der Waals surface area (Å²) < 4.78 is 21.8. The minimum Gasteiger partial charge on any atom is -0.497 e. The summed E-state index contributed by atoms with van der Waals surface area (Å²) in [6.07, 6.45) is 1.21. The smallest absolute Gasteiger partial charge is 0.322 e. The van der Waals surface area contributed by atoms with Crippen molar-refractivity contribution < 1.29 is 23.7 Å². The standard InChI is InChI=1S/C28H33N5O5/c1-35-20-8-9-23(25(17-20)37-3)30-28(34)33-11-10-22-21(18-33)27(32-12-14-38-15-13-32)31-26(29-22)16-19-6-4-5-7-24(19)36-2/h4-9,17H,10-16,18H2,1-3H3,(H,30,34). The number of rotatable bonds is 7. The number of ether oxygens (including phenoxy) is 4. The third-order valence-electron chi connectivity index (χ3n) is 6.87. The van der Waals surface area contributed by atoms with Crippen LogP contribution in [0.5, 0.6) is 17.2 Å². The number of methoxy groups -OCH3 is 3. The molecule has 0 aliphatic carbocycles. The van der Waals surface area contributed by atoms with Crippen LogP contribution in [0.15, 0.2) is 42.5 Å². The Kier molecular flexibility index (Phi) is 7.78. The fraction of sp³-hybridized carbons (Fsp3) is 0.393. The van der Waals surface area contributed by atoms with Crippen molar-refractivity contribution in [3.63, 3.8) is 0 Å². The zero-order valence-corrected chi connectivity index (χ0v) is 22.0. The lowest BCUT2D eigenvalue weighted by Crippen LogP contribution is -2.42. The Labute approximate surface area is 222 Å². The molecule has 0 atom stereocenters. The van der Waals surface area contributed by atoms with Gasteiger partial charge in [0.25, 0.3) is 0 Å². The number of benzene rings is 2. The molecule has 3 aromatic rings. The van der Waals surface area contributed by atoms with Crippen molar-refractivity contribution in [3.8, 4) is 17.2 Å². The average molecular weight is 520 g/mol. The summed E-state index contributed by atoms with van der Waals surface area (Å²) in [7, 11) is 4.83. The van der Waals surface area contributed by atoms with Crippen LogP contribution in [0, 0.1) is 0 Å². The van der Waals surface area contributed by atoms with Crippen molar-refractivity contribution in [2.45, 2.75) is 19.4 Å². The SMILES string of the molecule is COc1ccc(NC(=O)N2CCc3nc(Cc4ccccc4OC)nc(N4CCOCC4)c3C2)c(OC)c1. The molecule has 5 rings (SSSR count). The summed E-state index contributed by atoms with van der Waals surface area (Å²) in [6.45, 7) is 3.73. The van der Waals surface area contributed by atoms with Crippen molar-refractivity contribution in [2.75, 3.05) is 64.4 Å². The quantitative estimate of drug-likeness (QED) is 0.507. The molecule has 3 heterocycles. The number of amides is 2. The molecule has 0 bridgehead atoms. The topological polar surface area (TPSA) is 98.3 Å². The van der Waals surface area contributed by atoms with E-state index in [1.54, 1.807) is 44.4 Å². The molecule has 2 amide bonds. The van der Waals surface area contributed by atoms with Gasteiger partial charge >= 0.3 is 6.03 Å². The van der Waals surface area contributed by atoms with Crippen LogP contribution in [-0.4, -0.2) is 75.1 Å². The van der Waals surface area contributed by atoms with Crippen molar-refractivity contribution in [1.82, 2.24) is 14.9 Å². The minimum atomic E-state index is -0.204. The van der Waals surface area contributed by atoms with E-state index in [2.05, 4.69) is 10.2 Å². The average Bonchev–Trinajstić information content (AvgIpc) is 2.97. The van der Waals surface area contributed by atoms with Crippen LogP contribution >= 0.6 is 0 Å². The second-order valence-electron chi connectivity index (χ2n) is 9.14. The Morgan fingerprint density at radius 1 is 0.974 bits per heavy atom. The third kappa shape index (κ3) is 5.45. The zero-order valence-electron chi connectivity index (χ0n) is 22.0. The molecule has 0 saturated carbocycles. The van der Waals surface area contributed by atoms with Crippen molar-refractivity contribution in [1.29, 1.82) is 0 Å². The van der Waals surface area contributed by atoms with Gasteiger partial charge in [0, 0.05) is 49.7 Å². The number of urea groups is 1. The highest BCUT2D eigenvalue weighted by Gasteiger charge is 2.29. The lowest BCUT2D eigenvalue weighted by atomic mass is 10.0. The molecule has 2 aliphatic rings. The van der Waals surface area contributed by atoms with Crippen LogP contribution in [-0.2, 0) is 24.1 Å². The van der Waals surface area contributed by atoms with Gasteiger partial charge in [0.2, 0.25) is 0 Å². The number of fused-ring (bicyclic) bond motifs is 1. The van der Waals surface area contributed by atoms with Gasteiger partial charge in [-0.3, -0.25) is 0 Å². The number of hydrogen-bond donors (Lipinski definition) is 1. The molecule has 10 nitrogen and oxygen atoms in total. The lowest BCUT2D eigenvalue weighted by Gasteiger charge is -2.34. The van der Waals surface area contributed by atoms with Crippen LogP contribution < -0.4 is 24.4 Å². The molecule has 1 N–H and O–H groups in total. The molecule has 0 unspecified atom stereocenters. The Balaban J connectivity index is 1.41. The Hall–Kier alpha value is -4.05. The molecular weight excluding hydrogens is 486 g/mol. The first-order valence-corrected chi connectivity index (χ1v) is 12.7. The number of nitrogens with one attached hydrogen (secondary N) is 1. The highest BCUT2D eigenvalue weighted by molar-refractivity contribution is 5.91. The maximum atomic E-state index is 13.3. The zero-order chi connectivity index (χ0) is 26.5. The van der Waals surface area contributed by atoms with E-state index in [1.807, 2.05) is 24.3 Å². The highest BCUT2D eigenvalue weighted by atomic mass is 16.5. The summed E-state index contributed by atoms with van der Waals surface area (Å²) in [6, 6.07) is 13.0. The summed E-state index contributed by atoms with van der Waals surface area (Å²) in [4.78, 5) is 27.3. The fourth-order valence-corrected chi connectivity index (χ4v) is 4.85. The number of carbonyl (C=O) groups is 1. The maximum Gasteiger partial charge on any atom is 0.322 e. The van der Waals surface area contributed by atoms with E-state index in [4.69, 9.17) is 28.9 Å². The Morgan fingerprint density at radius 3 is 2.53 bits per heavy atom. The molecule has 2 aliphatic heterocycles. The lowest BCUT2D eigenvalue weighted by molar-refractivity contribution is 0.122. The summed E-state index contributed by atoms with van der Waals surface area (Å²) in [5.74, 6) is 3.63. The van der Waals surface area contributed by atoms with Crippen molar-refractivity contribution in [3.05, 3.63) is 65.1 Å². The van der Waals surface area contributed by atoms with Gasteiger partial charge in [-0.25, -0.2) is 14.8 Å².